The first-order chi connectivity index (χ1) is 12.0. The predicted molar refractivity (Wildman–Crippen MR) is 97.1 cm³/mol. The van der Waals surface area contributed by atoms with Crippen LogP contribution in [0.5, 0.6) is 17.4 Å². The van der Waals surface area contributed by atoms with Crippen molar-refractivity contribution in [2.75, 3.05) is 19.0 Å². The summed E-state index contributed by atoms with van der Waals surface area (Å²) in [6, 6.07) is 5.59. The highest BCUT2D eigenvalue weighted by atomic mass is 35.5. The molecular weight excluding hydrogens is 346 g/mol. The summed E-state index contributed by atoms with van der Waals surface area (Å²) in [6.07, 6.45) is -0.111. The summed E-state index contributed by atoms with van der Waals surface area (Å²) in [6.45, 7) is 6.57. The van der Waals surface area contributed by atoms with Gasteiger partial charge in [-0.15, -0.1) is 5.10 Å². The molecule has 0 aliphatic carbocycles. The Labute approximate surface area is 151 Å². The molecule has 7 nitrogen and oxygen atoms in total. The maximum absolute atomic E-state index is 11.7. The van der Waals surface area contributed by atoms with Gasteiger partial charge in [0.2, 0.25) is 0 Å². The molecule has 0 fully saturated rings. The van der Waals surface area contributed by atoms with Gasteiger partial charge < -0.3 is 19.5 Å². The number of ether oxygens (including phenoxy) is 3. The standard InChI is InChI=1S/C17H22ClN3O4/c1-5-24-13-8-11(6-7-12(13)23-4)9-19-15-14(18)16(22)20-21-17(15)25-10(2)3/h6-8,10H,5,9H2,1-4H3,(H2,19,20,22). The van der Waals surface area contributed by atoms with Gasteiger partial charge in [0.25, 0.3) is 11.4 Å². The van der Waals surface area contributed by atoms with Gasteiger partial charge in [0.1, 0.15) is 10.7 Å². The van der Waals surface area contributed by atoms with E-state index in [-0.39, 0.29) is 17.0 Å². The van der Waals surface area contributed by atoms with Crippen LogP contribution in [0.3, 0.4) is 0 Å². The van der Waals surface area contributed by atoms with E-state index in [0.29, 0.717) is 30.3 Å². The van der Waals surface area contributed by atoms with E-state index in [9.17, 15) is 4.79 Å². The van der Waals surface area contributed by atoms with Crippen LogP contribution in [-0.2, 0) is 6.54 Å². The Kier molecular flexibility index (Phi) is 6.52. The van der Waals surface area contributed by atoms with E-state index in [4.69, 9.17) is 25.8 Å². The van der Waals surface area contributed by atoms with E-state index >= 15 is 0 Å². The normalized spacial score (nSPS) is 10.6. The topological polar surface area (TPSA) is 85.5 Å². The molecule has 0 aliphatic rings. The van der Waals surface area contributed by atoms with Crippen molar-refractivity contribution in [2.45, 2.75) is 33.4 Å². The fourth-order valence-electron chi connectivity index (χ4n) is 2.17. The van der Waals surface area contributed by atoms with Crippen molar-refractivity contribution in [1.82, 2.24) is 10.2 Å². The molecule has 136 valence electrons. The Morgan fingerprint density at radius 3 is 2.72 bits per heavy atom. The number of aromatic nitrogens is 2. The summed E-state index contributed by atoms with van der Waals surface area (Å²) >= 11 is 6.11. The highest BCUT2D eigenvalue weighted by molar-refractivity contribution is 6.33. The lowest BCUT2D eigenvalue weighted by Gasteiger charge is -2.15. The third-order valence-electron chi connectivity index (χ3n) is 3.24. The number of hydrogen-bond donors (Lipinski definition) is 2. The molecule has 2 rings (SSSR count). The highest BCUT2D eigenvalue weighted by Gasteiger charge is 2.15. The Bertz CT molecular complexity index is 777. The van der Waals surface area contributed by atoms with Crippen molar-refractivity contribution >= 4 is 17.3 Å². The maximum Gasteiger partial charge on any atom is 0.285 e. The van der Waals surface area contributed by atoms with Crippen LogP contribution >= 0.6 is 11.6 Å². The van der Waals surface area contributed by atoms with Crippen LogP contribution in [0.4, 0.5) is 5.69 Å². The average molecular weight is 368 g/mol. The Morgan fingerprint density at radius 1 is 1.32 bits per heavy atom. The minimum Gasteiger partial charge on any atom is -0.493 e. The van der Waals surface area contributed by atoms with Gasteiger partial charge in [-0.05, 0) is 38.5 Å². The number of nitrogens with one attached hydrogen (secondary N) is 2. The van der Waals surface area contributed by atoms with Gasteiger partial charge >= 0.3 is 0 Å². The summed E-state index contributed by atoms with van der Waals surface area (Å²) in [7, 11) is 1.59. The highest BCUT2D eigenvalue weighted by Crippen LogP contribution is 2.30. The van der Waals surface area contributed by atoms with Gasteiger partial charge in [-0.1, -0.05) is 17.7 Å². The van der Waals surface area contributed by atoms with Gasteiger partial charge in [-0.3, -0.25) is 4.79 Å². The zero-order valence-corrected chi connectivity index (χ0v) is 15.4. The summed E-state index contributed by atoms with van der Waals surface area (Å²) in [5.41, 5.74) is 0.800. The molecule has 0 saturated carbocycles. The molecular formula is C17H22ClN3O4. The molecule has 1 heterocycles. The number of aromatic amines is 1. The monoisotopic (exact) mass is 367 g/mol. The zero-order valence-electron chi connectivity index (χ0n) is 14.7. The van der Waals surface area contributed by atoms with E-state index in [2.05, 4.69) is 15.5 Å². The first kappa shape index (κ1) is 18.9. The van der Waals surface area contributed by atoms with Crippen LogP contribution in [0.1, 0.15) is 26.3 Å². The molecule has 1 aromatic carbocycles. The maximum atomic E-state index is 11.7. The zero-order chi connectivity index (χ0) is 18.4. The molecule has 0 unspecified atom stereocenters. The number of hydrogen-bond acceptors (Lipinski definition) is 6. The number of benzene rings is 1. The van der Waals surface area contributed by atoms with Crippen molar-refractivity contribution < 1.29 is 14.2 Å². The van der Waals surface area contributed by atoms with Crippen LogP contribution in [-0.4, -0.2) is 30.0 Å². The molecule has 0 amide bonds. The van der Waals surface area contributed by atoms with Crippen molar-refractivity contribution in [2.24, 2.45) is 0 Å². The number of nitrogens with zero attached hydrogens (tertiary/aromatic N) is 1. The first-order valence-electron chi connectivity index (χ1n) is 7.94. The molecule has 0 bridgehead atoms. The van der Waals surface area contributed by atoms with Crippen molar-refractivity contribution in [1.29, 1.82) is 0 Å². The smallest absolute Gasteiger partial charge is 0.285 e. The minimum atomic E-state index is -0.481. The molecule has 25 heavy (non-hydrogen) atoms. The molecule has 2 aromatic rings. The second-order valence-corrected chi connectivity index (χ2v) is 5.86. The largest absolute Gasteiger partial charge is 0.493 e. The van der Waals surface area contributed by atoms with Crippen LogP contribution < -0.4 is 25.1 Å². The van der Waals surface area contributed by atoms with Gasteiger partial charge in [0, 0.05) is 6.54 Å². The molecule has 0 spiro atoms. The number of anilines is 1. The quantitative estimate of drug-likeness (QED) is 0.745. The van der Waals surface area contributed by atoms with Crippen molar-refractivity contribution in [3.05, 3.63) is 39.1 Å². The number of rotatable bonds is 8. The fraction of sp³-hybridized carbons (Fsp3) is 0.412. The van der Waals surface area contributed by atoms with Gasteiger partial charge in [-0.25, -0.2) is 5.10 Å². The summed E-state index contributed by atoms with van der Waals surface area (Å²) in [5.74, 6) is 1.56. The lowest BCUT2D eigenvalue weighted by Crippen LogP contribution is -2.17. The van der Waals surface area contributed by atoms with Crippen LogP contribution in [0.15, 0.2) is 23.0 Å². The number of halogens is 1. The van der Waals surface area contributed by atoms with E-state index < -0.39 is 5.56 Å². The van der Waals surface area contributed by atoms with Crippen LogP contribution in [0, 0.1) is 0 Å². The third kappa shape index (κ3) is 4.79. The average Bonchev–Trinajstić information content (AvgIpc) is 2.58. The Balaban J connectivity index is 2.25. The molecule has 1 aromatic heterocycles. The second-order valence-electron chi connectivity index (χ2n) is 5.49. The second kappa shape index (κ2) is 8.62. The summed E-state index contributed by atoms with van der Waals surface area (Å²) in [4.78, 5) is 11.7. The Morgan fingerprint density at radius 2 is 2.08 bits per heavy atom. The summed E-state index contributed by atoms with van der Waals surface area (Å²) < 4.78 is 16.4. The fourth-order valence-corrected chi connectivity index (χ4v) is 2.36. The van der Waals surface area contributed by atoms with Crippen LogP contribution in [0.2, 0.25) is 5.02 Å². The molecule has 0 radical (unpaired) electrons. The number of methoxy groups -OCH3 is 1. The van der Waals surface area contributed by atoms with Gasteiger partial charge in [0.05, 0.1) is 19.8 Å². The van der Waals surface area contributed by atoms with Gasteiger partial charge in [0.15, 0.2) is 11.5 Å². The molecule has 2 N–H and O–H groups in total. The lowest BCUT2D eigenvalue weighted by atomic mass is 10.2. The third-order valence-corrected chi connectivity index (χ3v) is 3.60. The van der Waals surface area contributed by atoms with Gasteiger partial charge in [-0.2, -0.15) is 0 Å². The van der Waals surface area contributed by atoms with E-state index in [1.165, 1.54) is 0 Å². The van der Waals surface area contributed by atoms with Crippen molar-refractivity contribution in [3.8, 4) is 17.4 Å². The first-order valence-corrected chi connectivity index (χ1v) is 8.32. The van der Waals surface area contributed by atoms with Crippen molar-refractivity contribution in [3.63, 3.8) is 0 Å². The SMILES string of the molecule is CCOc1cc(CNc2c(OC(C)C)n[nH]c(=O)c2Cl)ccc1OC. The predicted octanol–water partition coefficient (Wildman–Crippen LogP) is 3.23. The molecule has 0 atom stereocenters. The molecule has 0 saturated heterocycles. The van der Waals surface area contributed by atoms with Crippen LogP contribution in [0.25, 0.3) is 0 Å². The van der Waals surface area contributed by atoms with E-state index in [1.807, 2.05) is 39.0 Å². The van der Waals surface area contributed by atoms with E-state index in [0.717, 1.165) is 5.56 Å². The molecule has 8 heteroatoms. The Hall–Kier alpha value is -2.41. The lowest BCUT2D eigenvalue weighted by molar-refractivity contribution is 0.231. The minimum absolute atomic E-state index is 0.00388. The number of H-pyrrole nitrogens is 1. The molecule has 0 aliphatic heterocycles. The summed E-state index contributed by atoms with van der Waals surface area (Å²) in [5, 5.41) is 9.35. The van der Waals surface area contributed by atoms with E-state index in [1.54, 1.807) is 7.11 Å².